The molecule has 0 aromatic heterocycles. The molecule has 3 amide bonds. The summed E-state index contributed by atoms with van der Waals surface area (Å²) >= 11 is 5.88. The van der Waals surface area contributed by atoms with Crippen LogP contribution in [0.1, 0.15) is 18.4 Å². The molecule has 4 nitrogen and oxygen atoms in total. The fourth-order valence-electron chi connectivity index (χ4n) is 2.35. The molecule has 18 heavy (non-hydrogen) atoms. The first-order valence-electron chi connectivity index (χ1n) is 5.98. The number of halogens is 1. The van der Waals surface area contributed by atoms with Crippen LogP contribution in [0.15, 0.2) is 18.2 Å². The molecule has 3 rings (SSSR count). The molecule has 1 atom stereocenters. The third kappa shape index (κ3) is 1.77. The molecular formula is C13H13ClN2O2. The number of imide groups is 1. The van der Waals surface area contributed by atoms with E-state index in [0.29, 0.717) is 16.6 Å². The van der Waals surface area contributed by atoms with Gasteiger partial charge in [0.15, 0.2) is 0 Å². The summed E-state index contributed by atoms with van der Waals surface area (Å²) in [6.07, 6.45) is 2.04. The quantitative estimate of drug-likeness (QED) is 0.835. The Kier molecular flexibility index (Phi) is 2.55. The summed E-state index contributed by atoms with van der Waals surface area (Å²) in [6, 6.07) is 4.48. The average molecular weight is 265 g/mol. The molecule has 1 aliphatic heterocycles. The SMILES string of the molecule is Cc1cc(Cl)ccc1N1C(=O)N[C@@H](C2CC2)C1=O. The number of anilines is 1. The molecule has 1 aromatic rings. The van der Waals surface area contributed by atoms with Crippen molar-refractivity contribution in [3.63, 3.8) is 0 Å². The van der Waals surface area contributed by atoms with Crippen LogP contribution in [0, 0.1) is 12.8 Å². The third-order valence-corrected chi connectivity index (χ3v) is 3.70. The fourth-order valence-corrected chi connectivity index (χ4v) is 2.57. The predicted octanol–water partition coefficient (Wildman–Crippen LogP) is 2.48. The van der Waals surface area contributed by atoms with Gasteiger partial charge in [0.05, 0.1) is 5.69 Å². The minimum absolute atomic E-state index is 0.145. The Morgan fingerprint density at radius 3 is 2.67 bits per heavy atom. The van der Waals surface area contributed by atoms with Crippen LogP contribution in [0.5, 0.6) is 0 Å². The molecule has 2 fully saturated rings. The van der Waals surface area contributed by atoms with E-state index >= 15 is 0 Å². The van der Waals surface area contributed by atoms with Crippen LogP contribution in [0.3, 0.4) is 0 Å². The number of hydrogen-bond acceptors (Lipinski definition) is 2. The van der Waals surface area contributed by atoms with E-state index in [-0.39, 0.29) is 18.0 Å². The van der Waals surface area contributed by atoms with Gasteiger partial charge in [-0.25, -0.2) is 9.69 Å². The van der Waals surface area contributed by atoms with Crippen LogP contribution in [0.2, 0.25) is 5.02 Å². The number of nitrogens with zero attached hydrogens (tertiary/aromatic N) is 1. The van der Waals surface area contributed by atoms with E-state index in [1.807, 2.05) is 6.92 Å². The van der Waals surface area contributed by atoms with E-state index in [2.05, 4.69) is 5.32 Å². The summed E-state index contributed by atoms with van der Waals surface area (Å²) in [5, 5.41) is 3.36. The molecule has 1 saturated heterocycles. The summed E-state index contributed by atoms with van der Waals surface area (Å²) in [6.45, 7) is 1.84. The van der Waals surface area contributed by atoms with Crippen LogP contribution in [-0.2, 0) is 4.79 Å². The third-order valence-electron chi connectivity index (χ3n) is 3.46. The second kappa shape index (κ2) is 3.99. The highest BCUT2D eigenvalue weighted by Crippen LogP contribution is 2.37. The normalized spacial score (nSPS) is 23.4. The Bertz CT molecular complexity index is 540. The monoisotopic (exact) mass is 264 g/mol. The largest absolute Gasteiger partial charge is 0.329 e. The summed E-state index contributed by atoms with van der Waals surface area (Å²) in [4.78, 5) is 25.4. The number of amides is 3. The Morgan fingerprint density at radius 2 is 2.06 bits per heavy atom. The minimum Gasteiger partial charge on any atom is -0.325 e. The van der Waals surface area contributed by atoms with Crippen molar-refractivity contribution in [2.45, 2.75) is 25.8 Å². The highest BCUT2D eigenvalue weighted by molar-refractivity contribution is 6.31. The van der Waals surface area contributed by atoms with Crippen molar-refractivity contribution in [1.82, 2.24) is 5.32 Å². The van der Waals surface area contributed by atoms with Crippen LogP contribution in [-0.4, -0.2) is 18.0 Å². The Morgan fingerprint density at radius 1 is 1.33 bits per heavy atom. The van der Waals surface area contributed by atoms with Gasteiger partial charge in [-0.15, -0.1) is 0 Å². The smallest absolute Gasteiger partial charge is 0.325 e. The summed E-state index contributed by atoms with van der Waals surface area (Å²) in [5.74, 6) is 0.173. The number of nitrogens with one attached hydrogen (secondary N) is 1. The lowest BCUT2D eigenvalue weighted by molar-refractivity contribution is -0.118. The molecule has 0 spiro atoms. The Balaban J connectivity index is 1.95. The van der Waals surface area contributed by atoms with Crippen molar-refractivity contribution in [1.29, 1.82) is 0 Å². The van der Waals surface area contributed by atoms with Gasteiger partial charge >= 0.3 is 6.03 Å². The topological polar surface area (TPSA) is 49.4 Å². The molecule has 1 N–H and O–H groups in total. The zero-order valence-corrected chi connectivity index (χ0v) is 10.7. The number of aryl methyl sites for hydroxylation is 1. The zero-order valence-electron chi connectivity index (χ0n) is 9.94. The van der Waals surface area contributed by atoms with Gasteiger partial charge in [0.1, 0.15) is 6.04 Å². The second-order valence-electron chi connectivity index (χ2n) is 4.87. The first kappa shape index (κ1) is 11.5. The lowest BCUT2D eigenvalue weighted by atomic mass is 10.1. The molecule has 0 radical (unpaired) electrons. The van der Waals surface area contributed by atoms with Gasteiger partial charge in [-0.05, 0) is 49.4 Å². The van der Waals surface area contributed by atoms with Crippen LogP contribution >= 0.6 is 11.6 Å². The molecule has 2 aliphatic rings. The minimum atomic E-state index is -0.340. The molecule has 94 valence electrons. The first-order chi connectivity index (χ1) is 8.58. The standard InChI is InChI=1S/C13H13ClN2O2/c1-7-6-9(14)4-5-10(7)16-12(17)11(8-2-3-8)15-13(16)18/h4-6,8,11H,2-3H2,1H3,(H,15,18)/t11-/m0/s1. The maximum absolute atomic E-state index is 12.2. The van der Waals surface area contributed by atoms with Crippen molar-refractivity contribution < 1.29 is 9.59 Å². The lowest BCUT2D eigenvalue weighted by Crippen LogP contribution is -2.32. The molecule has 1 aliphatic carbocycles. The summed E-state index contributed by atoms with van der Waals surface area (Å²) in [7, 11) is 0. The van der Waals surface area contributed by atoms with Gasteiger partial charge < -0.3 is 5.32 Å². The van der Waals surface area contributed by atoms with Gasteiger partial charge in [-0.1, -0.05) is 11.6 Å². The summed E-state index contributed by atoms with van der Waals surface area (Å²) in [5.41, 5.74) is 1.44. The number of rotatable bonds is 2. The van der Waals surface area contributed by atoms with E-state index in [0.717, 1.165) is 18.4 Å². The second-order valence-corrected chi connectivity index (χ2v) is 5.31. The molecular weight excluding hydrogens is 252 g/mol. The first-order valence-corrected chi connectivity index (χ1v) is 6.36. The van der Waals surface area contributed by atoms with Crippen molar-refractivity contribution in [3.05, 3.63) is 28.8 Å². The number of carbonyl (C=O) groups excluding carboxylic acids is 2. The van der Waals surface area contributed by atoms with E-state index in [1.165, 1.54) is 4.90 Å². The van der Waals surface area contributed by atoms with Gasteiger partial charge in [-0.3, -0.25) is 4.79 Å². The molecule has 5 heteroatoms. The van der Waals surface area contributed by atoms with E-state index in [9.17, 15) is 9.59 Å². The number of hydrogen-bond donors (Lipinski definition) is 1. The highest BCUT2D eigenvalue weighted by atomic mass is 35.5. The van der Waals surface area contributed by atoms with Crippen LogP contribution < -0.4 is 10.2 Å². The Labute approximate surface area is 110 Å². The predicted molar refractivity (Wildman–Crippen MR) is 68.7 cm³/mol. The molecule has 0 unspecified atom stereocenters. The highest BCUT2D eigenvalue weighted by Gasteiger charge is 2.47. The van der Waals surface area contributed by atoms with Crippen molar-refractivity contribution >= 4 is 29.2 Å². The van der Waals surface area contributed by atoms with Crippen molar-refractivity contribution in [2.75, 3.05) is 4.90 Å². The fraction of sp³-hybridized carbons (Fsp3) is 0.385. The number of urea groups is 1. The van der Waals surface area contributed by atoms with Gasteiger partial charge in [-0.2, -0.15) is 0 Å². The summed E-state index contributed by atoms with van der Waals surface area (Å²) < 4.78 is 0. The molecule has 1 heterocycles. The van der Waals surface area contributed by atoms with E-state index in [4.69, 9.17) is 11.6 Å². The molecule has 1 saturated carbocycles. The van der Waals surface area contributed by atoms with Crippen molar-refractivity contribution in [3.8, 4) is 0 Å². The molecule has 0 bridgehead atoms. The van der Waals surface area contributed by atoms with Crippen molar-refractivity contribution in [2.24, 2.45) is 5.92 Å². The molecule has 1 aromatic carbocycles. The van der Waals surface area contributed by atoms with Crippen LogP contribution in [0.25, 0.3) is 0 Å². The van der Waals surface area contributed by atoms with Gasteiger partial charge in [0.25, 0.3) is 5.91 Å². The maximum Gasteiger partial charge on any atom is 0.329 e. The number of benzene rings is 1. The van der Waals surface area contributed by atoms with Crippen LogP contribution in [0.4, 0.5) is 10.5 Å². The van der Waals surface area contributed by atoms with E-state index < -0.39 is 0 Å². The lowest BCUT2D eigenvalue weighted by Gasteiger charge is -2.15. The maximum atomic E-state index is 12.2. The number of carbonyl (C=O) groups is 2. The van der Waals surface area contributed by atoms with E-state index in [1.54, 1.807) is 18.2 Å². The van der Waals surface area contributed by atoms with Gasteiger partial charge in [0, 0.05) is 5.02 Å². The Hall–Kier alpha value is -1.55. The average Bonchev–Trinajstić information content (AvgIpc) is 3.09. The zero-order chi connectivity index (χ0) is 12.9. The van der Waals surface area contributed by atoms with Gasteiger partial charge in [0.2, 0.25) is 0 Å².